The van der Waals surface area contributed by atoms with Crippen molar-refractivity contribution < 1.29 is 4.74 Å². The fourth-order valence-electron chi connectivity index (χ4n) is 2.42. The summed E-state index contributed by atoms with van der Waals surface area (Å²) in [5, 5.41) is 0. The standard InChI is InChI=1S/C15H25BrN2O/c1-15(2,7-8-17)11-18(3)10-12-9-13(16)5-6-14(12)19-4/h5-6,9H,7-8,10-11,17H2,1-4H3. The van der Waals surface area contributed by atoms with Gasteiger partial charge in [-0.1, -0.05) is 29.8 Å². The lowest BCUT2D eigenvalue weighted by Gasteiger charge is -2.30. The van der Waals surface area contributed by atoms with Gasteiger partial charge in [-0.15, -0.1) is 0 Å². The summed E-state index contributed by atoms with van der Waals surface area (Å²) < 4.78 is 6.49. The maximum Gasteiger partial charge on any atom is 0.123 e. The lowest BCUT2D eigenvalue weighted by Crippen LogP contribution is -2.32. The average Bonchev–Trinajstić information content (AvgIpc) is 2.28. The van der Waals surface area contributed by atoms with E-state index in [2.05, 4.69) is 47.8 Å². The van der Waals surface area contributed by atoms with E-state index in [0.717, 1.165) is 36.3 Å². The molecule has 0 unspecified atom stereocenters. The number of rotatable bonds is 7. The van der Waals surface area contributed by atoms with Crippen LogP contribution in [0.25, 0.3) is 0 Å². The van der Waals surface area contributed by atoms with Gasteiger partial charge in [-0.25, -0.2) is 0 Å². The predicted molar refractivity (Wildman–Crippen MR) is 84.5 cm³/mol. The molecule has 108 valence electrons. The van der Waals surface area contributed by atoms with E-state index in [0.29, 0.717) is 0 Å². The Hall–Kier alpha value is -0.580. The maximum absolute atomic E-state index is 5.66. The van der Waals surface area contributed by atoms with Gasteiger partial charge in [-0.2, -0.15) is 0 Å². The SMILES string of the molecule is COc1ccc(Br)cc1CN(C)CC(C)(C)CCN. The topological polar surface area (TPSA) is 38.5 Å². The second-order valence-corrected chi connectivity index (χ2v) is 6.75. The summed E-state index contributed by atoms with van der Waals surface area (Å²) in [6, 6.07) is 6.12. The first-order chi connectivity index (χ1) is 8.88. The molecule has 0 atom stereocenters. The largest absolute Gasteiger partial charge is 0.496 e. The summed E-state index contributed by atoms with van der Waals surface area (Å²) in [4.78, 5) is 2.32. The van der Waals surface area contributed by atoms with Gasteiger partial charge in [0.15, 0.2) is 0 Å². The van der Waals surface area contributed by atoms with Crippen LogP contribution in [-0.2, 0) is 6.54 Å². The van der Waals surface area contributed by atoms with Crippen molar-refractivity contribution in [2.45, 2.75) is 26.8 Å². The molecule has 0 aliphatic rings. The Morgan fingerprint density at radius 3 is 2.63 bits per heavy atom. The van der Waals surface area contributed by atoms with Crippen molar-refractivity contribution in [1.82, 2.24) is 4.90 Å². The van der Waals surface area contributed by atoms with E-state index in [1.54, 1.807) is 7.11 Å². The minimum absolute atomic E-state index is 0.239. The smallest absolute Gasteiger partial charge is 0.123 e. The molecular formula is C15H25BrN2O. The summed E-state index contributed by atoms with van der Waals surface area (Å²) in [5.74, 6) is 0.937. The van der Waals surface area contributed by atoms with Crippen LogP contribution in [0.5, 0.6) is 5.75 Å². The summed E-state index contributed by atoms with van der Waals surface area (Å²) in [6.07, 6.45) is 1.03. The molecule has 2 N–H and O–H groups in total. The average molecular weight is 329 g/mol. The summed E-state index contributed by atoms with van der Waals surface area (Å²) in [7, 11) is 3.85. The Kier molecular flexibility index (Phi) is 6.30. The van der Waals surface area contributed by atoms with E-state index in [1.165, 1.54) is 5.56 Å². The first-order valence-electron chi connectivity index (χ1n) is 6.59. The highest BCUT2D eigenvalue weighted by Crippen LogP contribution is 2.26. The molecule has 0 spiro atoms. The van der Waals surface area contributed by atoms with E-state index >= 15 is 0 Å². The van der Waals surface area contributed by atoms with Crippen molar-refractivity contribution in [2.75, 3.05) is 27.2 Å². The number of nitrogens with two attached hydrogens (primary N) is 1. The summed E-state index contributed by atoms with van der Waals surface area (Å²) in [6.45, 7) is 7.14. The lowest BCUT2D eigenvalue weighted by atomic mass is 9.89. The zero-order chi connectivity index (χ0) is 14.5. The molecular weight excluding hydrogens is 304 g/mol. The van der Waals surface area contributed by atoms with E-state index in [-0.39, 0.29) is 5.41 Å². The summed E-state index contributed by atoms with van der Waals surface area (Å²) >= 11 is 3.51. The first kappa shape index (κ1) is 16.5. The highest BCUT2D eigenvalue weighted by atomic mass is 79.9. The number of hydrogen-bond acceptors (Lipinski definition) is 3. The van der Waals surface area contributed by atoms with Crippen molar-refractivity contribution in [3.05, 3.63) is 28.2 Å². The van der Waals surface area contributed by atoms with Crippen LogP contribution in [0.1, 0.15) is 25.8 Å². The number of halogens is 1. The molecule has 0 radical (unpaired) electrons. The second kappa shape index (κ2) is 7.27. The highest BCUT2D eigenvalue weighted by molar-refractivity contribution is 9.10. The maximum atomic E-state index is 5.66. The molecule has 0 heterocycles. The zero-order valence-corrected chi connectivity index (χ0v) is 14.0. The number of nitrogens with zero attached hydrogens (tertiary/aromatic N) is 1. The van der Waals surface area contributed by atoms with Crippen molar-refractivity contribution >= 4 is 15.9 Å². The first-order valence-corrected chi connectivity index (χ1v) is 7.38. The van der Waals surface area contributed by atoms with Gasteiger partial charge in [0, 0.05) is 23.1 Å². The zero-order valence-electron chi connectivity index (χ0n) is 12.4. The monoisotopic (exact) mass is 328 g/mol. The van der Waals surface area contributed by atoms with E-state index in [1.807, 2.05) is 12.1 Å². The molecule has 1 rings (SSSR count). The van der Waals surface area contributed by atoms with Gasteiger partial charge in [-0.3, -0.25) is 0 Å². The number of benzene rings is 1. The fraction of sp³-hybridized carbons (Fsp3) is 0.600. The van der Waals surface area contributed by atoms with Crippen LogP contribution in [0, 0.1) is 5.41 Å². The Labute approximate surface area is 125 Å². The van der Waals surface area contributed by atoms with Gasteiger partial charge in [-0.05, 0) is 43.6 Å². The van der Waals surface area contributed by atoms with Crippen LogP contribution < -0.4 is 10.5 Å². The number of ether oxygens (including phenoxy) is 1. The van der Waals surface area contributed by atoms with Crippen molar-refractivity contribution in [3.63, 3.8) is 0 Å². The molecule has 3 nitrogen and oxygen atoms in total. The van der Waals surface area contributed by atoms with E-state index < -0.39 is 0 Å². The fourth-order valence-corrected chi connectivity index (χ4v) is 2.83. The van der Waals surface area contributed by atoms with Gasteiger partial charge in [0.05, 0.1) is 7.11 Å². The van der Waals surface area contributed by atoms with E-state index in [9.17, 15) is 0 Å². The molecule has 1 aromatic carbocycles. The number of hydrogen-bond donors (Lipinski definition) is 1. The normalized spacial score (nSPS) is 11.9. The van der Waals surface area contributed by atoms with Crippen LogP contribution in [-0.4, -0.2) is 32.1 Å². The van der Waals surface area contributed by atoms with Gasteiger partial charge >= 0.3 is 0 Å². The molecule has 0 aromatic heterocycles. The van der Waals surface area contributed by atoms with Crippen LogP contribution in [0.4, 0.5) is 0 Å². The van der Waals surface area contributed by atoms with Crippen molar-refractivity contribution in [1.29, 1.82) is 0 Å². The molecule has 19 heavy (non-hydrogen) atoms. The molecule has 0 aliphatic heterocycles. The molecule has 0 saturated heterocycles. The number of methoxy groups -OCH3 is 1. The predicted octanol–water partition coefficient (Wildman–Crippen LogP) is 3.26. The van der Waals surface area contributed by atoms with Crippen LogP contribution >= 0.6 is 15.9 Å². The van der Waals surface area contributed by atoms with Gasteiger partial charge in [0.2, 0.25) is 0 Å². The third kappa shape index (κ3) is 5.51. The third-order valence-corrected chi connectivity index (χ3v) is 3.70. The molecule has 0 amide bonds. The molecule has 0 saturated carbocycles. The third-order valence-electron chi connectivity index (χ3n) is 3.20. The van der Waals surface area contributed by atoms with E-state index in [4.69, 9.17) is 10.5 Å². The molecule has 0 aliphatic carbocycles. The van der Waals surface area contributed by atoms with Crippen LogP contribution in [0.3, 0.4) is 0 Å². The quantitative estimate of drug-likeness (QED) is 0.834. The Bertz CT molecular complexity index is 407. The van der Waals surface area contributed by atoms with Crippen molar-refractivity contribution in [2.24, 2.45) is 11.1 Å². The van der Waals surface area contributed by atoms with Gasteiger partial charge in [0.25, 0.3) is 0 Å². The summed E-state index contributed by atoms with van der Waals surface area (Å²) in [5.41, 5.74) is 7.10. The Balaban J connectivity index is 2.71. The van der Waals surface area contributed by atoms with Crippen LogP contribution in [0.2, 0.25) is 0 Å². The highest BCUT2D eigenvalue weighted by Gasteiger charge is 2.19. The lowest BCUT2D eigenvalue weighted by molar-refractivity contribution is 0.193. The Morgan fingerprint density at radius 1 is 1.37 bits per heavy atom. The molecule has 1 aromatic rings. The minimum Gasteiger partial charge on any atom is -0.496 e. The van der Waals surface area contributed by atoms with Gasteiger partial charge < -0.3 is 15.4 Å². The molecule has 0 bridgehead atoms. The van der Waals surface area contributed by atoms with Crippen LogP contribution in [0.15, 0.2) is 22.7 Å². The second-order valence-electron chi connectivity index (χ2n) is 5.83. The van der Waals surface area contributed by atoms with Crippen molar-refractivity contribution in [3.8, 4) is 5.75 Å². The minimum atomic E-state index is 0.239. The van der Waals surface area contributed by atoms with Gasteiger partial charge in [0.1, 0.15) is 5.75 Å². The Morgan fingerprint density at radius 2 is 2.05 bits per heavy atom. The molecule has 4 heteroatoms. The molecule has 0 fully saturated rings.